The van der Waals surface area contributed by atoms with E-state index in [1.54, 1.807) is 34.1 Å². The van der Waals surface area contributed by atoms with Gasteiger partial charge in [-0.2, -0.15) is 4.72 Å². The molecule has 0 saturated carbocycles. The van der Waals surface area contributed by atoms with Crippen LogP contribution in [0.2, 0.25) is 0 Å². The molecule has 1 amide bonds. The van der Waals surface area contributed by atoms with Crippen LogP contribution in [0.3, 0.4) is 0 Å². The Balaban J connectivity index is 2.23. The van der Waals surface area contributed by atoms with Gasteiger partial charge in [0, 0.05) is 19.2 Å². The third-order valence-corrected chi connectivity index (χ3v) is 5.79. The average Bonchev–Trinajstić information content (AvgIpc) is 2.66. The van der Waals surface area contributed by atoms with Crippen LogP contribution >= 0.6 is 0 Å². The van der Waals surface area contributed by atoms with Crippen LogP contribution in [-0.4, -0.2) is 39.4 Å². The molecule has 0 heterocycles. The third kappa shape index (κ3) is 5.08. The van der Waals surface area contributed by atoms with Gasteiger partial charge in [0.25, 0.3) is 0 Å². The summed E-state index contributed by atoms with van der Waals surface area (Å²) < 4.78 is 46.8. The summed E-state index contributed by atoms with van der Waals surface area (Å²) in [6.45, 7) is 3.69. The first-order chi connectivity index (χ1) is 13.2. The molecule has 2 aromatic carbocycles. The fourth-order valence-electron chi connectivity index (χ4n) is 2.77. The highest BCUT2D eigenvalue weighted by atomic mass is 32.2. The minimum Gasteiger partial charge on any atom is -0.496 e. The lowest BCUT2D eigenvalue weighted by Crippen LogP contribution is -2.50. The Labute approximate surface area is 165 Å². The van der Waals surface area contributed by atoms with Crippen LogP contribution < -0.4 is 9.46 Å². The zero-order valence-electron chi connectivity index (χ0n) is 16.3. The second-order valence-electron chi connectivity index (χ2n) is 6.78. The van der Waals surface area contributed by atoms with Gasteiger partial charge in [-0.3, -0.25) is 4.79 Å². The molecule has 28 heavy (non-hydrogen) atoms. The summed E-state index contributed by atoms with van der Waals surface area (Å²) in [6.07, 6.45) is 0. The molecule has 152 valence electrons. The summed E-state index contributed by atoms with van der Waals surface area (Å²) >= 11 is 0. The van der Waals surface area contributed by atoms with Gasteiger partial charge in [-0.25, -0.2) is 12.8 Å². The van der Waals surface area contributed by atoms with Crippen molar-refractivity contribution < 1.29 is 22.3 Å². The van der Waals surface area contributed by atoms with E-state index in [0.29, 0.717) is 5.75 Å². The Morgan fingerprint density at radius 1 is 1.14 bits per heavy atom. The molecule has 0 aliphatic heterocycles. The van der Waals surface area contributed by atoms with Gasteiger partial charge in [0.15, 0.2) is 0 Å². The fourth-order valence-corrected chi connectivity index (χ4v) is 4.19. The molecule has 0 aliphatic rings. The Bertz CT molecular complexity index is 931. The smallest absolute Gasteiger partial charge is 0.244 e. The summed E-state index contributed by atoms with van der Waals surface area (Å²) in [7, 11) is -1.07. The second kappa shape index (κ2) is 9.16. The van der Waals surface area contributed by atoms with Crippen molar-refractivity contribution >= 4 is 15.9 Å². The maximum absolute atomic E-state index is 13.9. The SMILES string of the molecule is COc1ccccc1CN(C)C(=O)[C@@H](NS(=O)(=O)c1ccccc1F)C(C)C. The molecule has 2 rings (SSSR count). The minimum absolute atomic E-state index is 0.244. The number of rotatable bonds is 8. The zero-order valence-corrected chi connectivity index (χ0v) is 17.2. The van der Waals surface area contributed by atoms with Crippen molar-refractivity contribution in [3.05, 3.63) is 59.9 Å². The maximum atomic E-state index is 13.9. The van der Waals surface area contributed by atoms with Gasteiger partial charge in [-0.05, 0) is 24.1 Å². The number of sulfonamides is 1. The molecule has 6 nitrogen and oxygen atoms in total. The van der Waals surface area contributed by atoms with Crippen LogP contribution in [0.5, 0.6) is 5.75 Å². The molecule has 0 aromatic heterocycles. The molecule has 8 heteroatoms. The lowest BCUT2D eigenvalue weighted by molar-refractivity contribution is -0.133. The van der Waals surface area contributed by atoms with Gasteiger partial charge in [0.2, 0.25) is 15.9 Å². The number of hydrogen-bond acceptors (Lipinski definition) is 4. The Morgan fingerprint density at radius 2 is 1.75 bits per heavy atom. The van der Waals surface area contributed by atoms with Gasteiger partial charge in [0.05, 0.1) is 7.11 Å². The number of carbonyl (C=O) groups excluding carboxylic acids is 1. The normalized spacial score (nSPS) is 12.6. The number of methoxy groups -OCH3 is 1. The van der Waals surface area contributed by atoms with E-state index in [4.69, 9.17) is 4.74 Å². The van der Waals surface area contributed by atoms with Gasteiger partial charge in [-0.1, -0.05) is 44.2 Å². The first-order valence-corrected chi connectivity index (χ1v) is 10.3. The van der Waals surface area contributed by atoms with E-state index in [9.17, 15) is 17.6 Å². The molecule has 0 bridgehead atoms. The first-order valence-electron chi connectivity index (χ1n) is 8.81. The van der Waals surface area contributed by atoms with Gasteiger partial charge in [0.1, 0.15) is 22.5 Å². The van der Waals surface area contributed by atoms with E-state index in [0.717, 1.165) is 17.7 Å². The molecule has 0 saturated heterocycles. The van der Waals surface area contributed by atoms with Crippen LogP contribution in [0, 0.1) is 11.7 Å². The van der Waals surface area contributed by atoms with Crippen LogP contribution in [0.4, 0.5) is 4.39 Å². The van der Waals surface area contributed by atoms with E-state index in [2.05, 4.69) is 4.72 Å². The summed E-state index contributed by atoms with van der Waals surface area (Å²) in [4.78, 5) is 13.9. The molecule has 0 unspecified atom stereocenters. The number of nitrogens with one attached hydrogen (secondary N) is 1. The predicted octanol–water partition coefficient (Wildman–Crippen LogP) is 2.80. The number of amides is 1. The fraction of sp³-hybridized carbons (Fsp3) is 0.350. The molecule has 0 aliphatic carbocycles. The average molecular weight is 408 g/mol. The minimum atomic E-state index is -4.20. The monoisotopic (exact) mass is 408 g/mol. The standard InChI is InChI=1S/C20H25FN2O4S/c1-14(2)19(22-28(25,26)18-12-8-6-10-16(18)21)20(24)23(3)13-15-9-5-7-11-17(15)27-4/h5-12,14,19,22H,13H2,1-4H3/t19-/m0/s1. The van der Waals surface area contributed by atoms with Crippen molar-refractivity contribution in [3.63, 3.8) is 0 Å². The molecule has 1 N–H and O–H groups in total. The molecule has 0 spiro atoms. The van der Waals surface area contributed by atoms with E-state index >= 15 is 0 Å². The Morgan fingerprint density at radius 3 is 2.36 bits per heavy atom. The number of likely N-dealkylation sites (N-methyl/N-ethyl adjacent to an activating group) is 1. The van der Waals surface area contributed by atoms with E-state index in [1.165, 1.54) is 17.0 Å². The van der Waals surface area contributed by atoms with Crippen molar-refractivity contribution in [2.24, 2.45) is 5.92 Å². The molecule has 1 atom stereocenters. The number of carbonyl (C=O) groups is 1. The lowest BCUT2D eigenvalue weighted by atomic mass is 10.0. The van der Waals surface area contributed by atoms with Crippen LogP contribution in [0.1, 0.15) is 19.4 Å². The molecule has 0 fully saturated rings. The van der Waals surface area contributed by atoms with Crippen LogP contribution in [0.25, 0.3) is 0 Å². The van der Waals surface area contributed by atoms with Crippen LogP contribution in [0.15, 0.2) is 53.4 Å². The van der Waals surface area contributed by atoms with Crippen molar-refractivity contribution in [3.8, 4) is 5.75 Å². The highest BCUT2D eigenvalue weighted by molar-refractivity contribution is 7.89. The number of hydrogen-bond donors (Lipinski definition) is 1. The molecule has 2 aromatic rings. The maximum Gasteiger partial charge on any atom is 0.244 e. The number of ether oxygens (including phenoxy) is 1. The molecule has 0 radical (unpaired) electrons. The van der Waals surface area contributed by atoms with Crippen molar-refractivity contribution in [2.45, 2.75) is 31.3 Å². The summed E-state index contributed by atoms with van der Waals surface area (Å²) in [5.41, 5.74) is 0.792. The number of halogens is 1. The van der Waals surface area contributed by atoms with Gasteiger partial charge >= 0.3 is 0 Å². The second-order valence-corrected chi connectivity index (χ2v) is 8.46. The third-order valence-electron chi connectivity index (χ3n) is 4.32. The van der Waals surface area contributed by atoms with E-state index < -0.39 is 32.7 Å². The number of benzene rings is 2. The summed E-state index contributed by atoms with van der Waals surface area (Å²) in [5.74, 6) is -0.988. The summed E-state index contributed by atoms with van der Waals surface area (Å²) in [6, 6.07) is 11.3. The highest BCUT2D eigenvalue weighted by Crippen LogP contribution is 2.20. The van der Waals surface area contributed by atoms with Crippen molar-refractivity contribution in [1.29, 1.82) is 0 Å². The molecular weight excluding hydrogens is 383 g/mol. The Hall–Kier alpha value is -2.45. The lowest BCUT2D eigenvalue weighted by Gasteiger charge is -2.27. The van der Waals surface area contributed by atoms with Gasteiger partial charge in [-0.15, -0.1) is 0 Å². The number of para-hydroxylation sites is 1. The topological polar surface area (TPSA) is 75.7 Å². The molecular formula is C20H25FN2O4S. The number of nitrogens with zero attached hydrogens (tertiary/aromatic N) is 1. The largest absolute Gasteiger partial charge is 0.496 e. The quantitative estimate of drug-likeness (QED) is 0.729. The first kappa shape index (κ1) is 21.8. The highest BCUT2D eigenvalue weighted by Gasteiger charge is 2.31. The van der Waals surface area contributed by atoms with Crippen molar-refractivity contribution in [2.75, 3.05) is 14.2 Å². The van der Waals surface area contributed by atoms with E-state index in [1.807, 2.05) is 18.2 Å². The zero-order chi connectivity index (χ0) is 20.9. The van der Waals surface area contributed by atoms with Gasteiger partial charge < -0.3 is 9.64 Å². The Kier molecular flexibility index (Phi) is 7.15. The van der Waals surface area contributed by atoms with E-state index in [-0.39, 0.29) is 12.5 Å². The van der Waals surface area contributed by atoms with Crippen molar-refractivity contribution in [1.82, 2.24) is 9.62 Å². The summed E-state index contributed by atoms with van der Waals surface area (Å²) in [5, 5.41) is 0. The van der Waals surface area contributed by atoms with Crippen LogP contribution in [-0.2, 0) is 21.4 Å². The predicted molar refractivity (Wildman–Crippen MR) is 105 cm³/mol.